The summed E-state index contributed by atoms with van der Waals surface area (Å²) in [7, 11) is 1.97. The number of nitrogens with zero attached hydrogens (tertiary/aromatic N) is 1. The molecule has 0 unspecified atom stereocenters. The van der Waals surface area contributed by atoms with E-state index >= 15 is 0 Å². The number of pyridine rings is 1. The predicted octanol–water partition coefficient (Wildman–Crippen LogP) is 3.21. The van der Waals surface area contributed by atoms with Gasteiger partial charge in [-0.2, -0.15) is 0 Å². The van der Waals surface area contributed by atoms with Crippen molar-refractivity contribution in [3.63, 3.8) is 0 Å². The van der Waals surface area contributed by atoms with Crippen LogP contribution in [0.2, 0.25) is 0 Å². The van der Waals surface area contributed by atoms with E-state index in [1.807, 2.05) is 7.05 Å². The summed E-state index contributed by atoms with van der Waals surface area (Å²) in [6, 6.07) is 2.08. The van der Waals surface area contributed by atoms with E-state index in [2.05, 4.69) is 35.6 Å². The topological polar surface area (TPSA) is 24.9 Å². The van der Waals surface area contributed by atoms with Gasteiger partial charge in [-0.15, -0.1) is 11.3 Å². The molecule has 0 saturated carbocycles. The zero-order valence-corrected chi connectivity index (χ0v) is 9.53. The van der Waals surface area contributed by atoms with Crippen molar-refractivity contribution in [1.82, 2.24) is 4.98 Å². The number of fused-ring (bicyclic) bond motifs is 1. The second kappa shape index (κ2) is 3.58. The van der Waals surface area contributed by atoms with Crippen molar-refractivity contribution in [3.05, 3.63) is 22.7 Å². The van der Waals surface area contributed by atoms with Crippen molar-refractivity contribution in [2.75, 3.05) is 12.4 Å². The van der Waals surface area contributed by atoms with Crippen LogP contribution in [0.1, 0.15) is 18.2 Å². The van der Waals surface area contributed by atoms with Crippen LogP contribution in [0.15, 0.2) is 11.4 Å². The lowest BCUT2D eigenvalue weighted by Gasteiger charge is -2.10. The van der Waals surface area contributed by atoms with Crippen molar-refractivity contribution in [2.24, 2.45) is 0 Å². The average molecular weight is 206 g/mol. The molecule has 0 aliphatic rings. The van der Waals surface area contributed by atoms with Crippen LogP contribution in [0.3, 0.4) is 0 Å². The number of nitrogens with one attached hydrogen (secondary N) is 1. The van der Waals surface area contributed by atoms with E-state index in [0.717, 1.165) is 11.9 Å². The summed E-state index contributed by atoms with van der Waals surface area (Å²) in [4.78, 5) is 4.63. The molecular weight excluding hydrogens is 192 g/mol. The van der Waals surface area contributed by atoms with Crippen LogP contribution in [0.4, 0.5) is 5.69 Å². The van der Waals surface area contributed by atoms with Gasteiger partial charge >= 0.3 is 0 Å². The van der Waals surface area contributed by atoms with Gasteiger partial charge in [-0.05, 0) is 30.4 Å². The fourth-order valence-electron chi connectivity index (χ4n) is 1.77. The molecule has 0 fully saturated rings. The maximum absolute atomic E-state index is 4.63. The molecule has 74 valence electrons. The number of aryl methyl sites for hydroxylation is 1. The van der Waals surface area contributed by atoms with Crippen LogP contribution in [0, 0.1) is 6.92 Å². The number of anilines is 1. The average Bonchev–Trinajstić information content (AvgIpc) is 2.64. The van der Waals surface area contributed by atoms with Crippen molar-refractivity contribution in [3.8, 4) is 0 Å². The Balaban J connectivity index is 2.80. The zero-order valence-electron chi connectivity index (χ0n) is 8.72. The molecule has 3 heteroatoms. The quantitative estimate of drug-likeness (QED) is 0.816. The first-order valence-electron chi connectivity index (χ1n) is 4.82. The lowest BCUT2D eigenvalue weighted by molar-refractivity contribution is 1.03. The molecule has 2 aromatic rings. The third kappa shape index (κ3) is 1.28. The smallest absolute Gasteiger partial charge is 0.0834 e. The second-order valence-electron chi connectivity index (χ2n) is 3.30. The third-order valence-electron chi connectivity index (χ3n) is 2.52. The van der Waals surface area contributed by atoms with Gasteiger partial charge in [0.25, 0.3) is 0 Å². The van der Waals surface area contributed by atoms with Crippen LogP contribution in [0.25, 0.3) is 10.2 Å². The van der Waals surface area contributed by atoms with Gasteiger partial charge in [0.1, 0.15) is 0 Å². The molecule has 0 atom stereocenters. The lowest BCUT2D eigenvalue weighted by atomic mass is 10.1. The van der Waals surface area contributed by atoms with Gasteiger partial charge < -0.3 is 5.32 Å². The molecule has 2 rings (SSSR count). The predicted molar refractivity (Wildman–Crippen MR) is 63.3 cm³/mol. The summed E-state index contributed by atoms with van der Waals surface area (Å²) in [6.07, 6.45) is 0.992. The van der Waals surface area contributed by atoms with E-state index in [4.69, 9.17) is 0 Å². The first-order valence-corrected chi connectivity index (χ1v) is 5.70. The highest BCUT2D eigenvalue weighted by Crippen LogP contribution is 2.31. The largest absolute Gasteiger partial charge is 0.387 e. The van der Waals surface area contributed by atoms with Gasteiger partial charge in [0.05, 0.1) is 15.9 Å². The molecule has 0 saturated heterocycles. The molecule has 2 nitrogen and oxygen atoms in total. The molecule has 0 aliphatic heterocycles. The molecule has 2 heterocycles. The van der Waals surface area contributed by atoms with Crippen LogP contribution in [-0.4, -0.2) is 12.0 Å². The number of rotatable bonds is 2. The van der Waals surface area contributed by atoms with E-state index in [9.17, 15) is 0 Å². The summed E-state index contributed by atoms with van der Waals surface area (Å²) >= 11 is 1.75. The Morgan fingerprint density at radius 1 is 1.50 bits per heavy atom. The first-order chi connectivity index (χ1) is 6.77. The molecule has 0 aromatic carbocycles. The molecule has 1 N–H and O–H groups in total. The Morgan fingerprint density at radius 2 is 2.29 bits per heavy atom. The molecule has 14 heavy (non-hydrogen) atoms. The highest BCUT2D eigenvalue weighted by atomic mass is 32.1. The number of aromatic nitrogens is 1. The SMILES string of the molecule is CCc1nc2ccsc2c(NC)c1C. The second-order valence-corrected chi connectivity index (χ2v) is 4.21. The van der Waals surface area contributed by atoms with Gasteiger partial charge in [0.15, 0.2) is 0 Å². The van der Waals surface area contributed by atoms with Crippen LogP contribution >= 0.6 is 11.3 Å². The van der Waals surface area contributed by atoms with Gasteiger partial charge in [-0.25, -0.2) is 0 Å². The minimum atomic E-state index is 0.992. The number of thiophene rings is 1. The number of hydrogen-bond acceptors (Lipinski definition) is 3. The van der Waals surface area contributed by atoms with Crippen molar-refractivity contribution in [2.45, 2.75) is 20.3 Å². The molecule has 2 aromatic heterocycles. The summed E-state index contributed by atoms with van der Waals surface area (Å²) in [5.74, 6) is 0. The maximum Gasteiger partial charge on any atom is 0.0834 e. The van der Waals surface area contributed by atoms with E-state index in [-0.39, 0.29) is 0 Å². The summed E-state index contributed by atoms with van der Waals surface area (Å²) < 4.78 is 1.27. The maximum atomic E-state index is 4.63. The van der Waals surface area contributed by atoms with Crippen LogP contribution < -0.4 is 5.32 Å². The first kappa shape index (κ1) is 9.46. The van der Waals surface area contributed by atoms with E-state index in [1.165, 1.54) is 21.6 Å². The highest BCUT2D eigenvalue weighted by molar-refractivity contribution is 7.17. The van der Waals surface area contributed by atoms with E-state index in [1.54, 1.807) is 11.3 Å². The minimum absolute atomic E-state index is 0.992. The Bertz CT molecular complexity index is 460. The Kier molecular flexibility index (Phi) is 2.42. The minimum Gasteiger partial charge on any atom is -0.387 e. The van der Waals surface area contributed by atoms with Gasteiger partial charge in [-0.3, -0.25) is 4.98 Å². The molecule has 0 bridgehead atoms. The highest BCUT2D eigenvalue weighted by Gasteiger charge is 2.09. The summed E-state index contributed by atoms with van der Waals surface area (Å²) in [6.45, 7) is 4.28. The Hall–Kier alpha value is -1.09. The summed E-state index contributed by atoms with van der Waals surface area (Å²) in [5, 5.41) is 5.36. The van der Waals surface area contributed by atoms with E-state index < -0.39 is 0 Å². The molecule has 0 aliphatic carbocycles. The van der Waals surface area contributed by atoms with Crippen LogP contribution in [-0.2, 0) is 6.42 Å². The summed E-state index contributed by atoms with van der Waals surface area (Å²) in [5.41, 5.74) is 4.83. The van der Waals surface area contributed by atoms with Crippen molar-refractivity contribution < 1.29 is 0 Å². The van der Waals surface area contributed by atoms with Crippen molar-refractivity contribution in [1.29, 1.82) is 0 Å². The Labute approximate surface area is 88.0 Å². The fourth-order valence-corrected chi connectivity index (χ4v) is 2.71. The molecule has 0 radical (unpaired) electrons. The monoisotopic (exact) mass is 206 g/mol. The Morgan fingerprint density at radius 3 is 2.93 bits per heavy atom. The molecule has 0 amide bonds. The molecular formula is C11H14N2S. The normalized spacial score (nSPS) is 10.8. The lowest BCUT2D eigenvalue weighted by Crippen LogP contribution is -1.99. The van der Waals surface area contributed by atoms with Gasteiger partial charge in [0.2, 0.25) is 0 Å². The van der Waals surface area contributed by atoms with Crippen molar-refractivity contribution >= 4 is 27.2 Å². The third-order valence-corrected chi connectivity index (χ3v) is 3.44. The van der Waals surface area contributed by atoms with Gasteiger partial charge in [-0.1, -0.05) is 6.92 Å². The van der Waals surface area contributed by atoms with Crippen LogP contribution in [0.5, 0.6) is 0 Å². The fraction of sp³-hybridized carbons (Fsp3) is 0.364. The standard InChI is InChI=1S/C11H14N2S/c1-4-8-7(2)10(12-3)11-9(13-8)5-6-14-11/h5-6H,4H2,1-3H3,(H,12,13). The molecule has 0 spiro atoms. The van der Waals surface area contributed by atoms with E-state index in [0.29, 0.717) is 0 Å². The zero-order chi connectivity index (χ0) is 10.1. The van der Waals surface area contributed by atoms with Gasteiger partial charge in [0, 0.05) is 12.7 Å². The number of hydrogen-bond donors (Lipinski definition) is 1.